The number of alkyl halides is 2. The second-order valence-electron chi connectivity index (χ2n) is 9.17. The van der Waals surface area contributed by atoms with E-state index in [9.17, 15) is 23.5 Å². The summed E-state index contributed by atoms with van der Waals surface area (Å²) in [6.07, 6.45) is 3.35. The van der Waals surface area contributed by atoms with Gasteiger partial charge in [0.25, 0.3) is 0 Å². The Kier molecular flexibility index (Phi) is 9.41. The molecule has 208 valence electrons. The van der Waals surface area contributed by atoms with Crippen molar-refractivity contribution in [1.29, 1.82) is 0 Å². The van der Waals surface area contributed by atoms with Crippen LogP contribution in [0.25, 0.3) is 22.4 Å². The van der Waals surface area contributed by atoms with Gasteiger partial charge < -0.3 is 19.3 Å². The van der Waals surface area contributed by atoms with Crippen LogP contribution >= 0.6 is 11.3 Å². The molecule has 39 heavy (non-hydrogen) atoms. The number of carboxylic acids is 1. The average Bonchev–Trinajstić information content (AvgIpc) is 3.42. The van der Waals surface area contributed by atoms with E-state index in [4.69, 9.17) is 9.47 Å². The predicted octanol–water partition coefficient (Wildman–Crippen LogP) is 5.35. The summed E-state index contributed by atoms with van der Waals surface area (Å²) in [5.74, 6) is -1.48. The zero-order valence-corrected chi connectivity index (χ0v) is 22.3. The maximum absolute atomic E-state index is 13.4. The molecule has 1 aliphatic rings. The summed E-state index contributed by atoms with van der Waals surface area (Å²) in [6, 6.07) is 8.01. The van der Waals surface area contributed by atoms with Gasteiger partial charge in [0.05, 0.1) is 19.2 Å². The van der Waals surface area contributed by atoms with Crippen molar-refractivity contribution < 1.29 is 37.7 Å². The Labute approximate surface area is 228 Å². The molecule has 0 aliphatic carbocycles. The number of halogens is 2. The van der Waals surface area contributed by atoms with Gasteiger partial charge in [-0.1, -0.05) is 0 Å². The van der Waals surface area contributed by atoms with E-state index in [2.05, 4.69) is 14.7 Å². The van der Waals surface area contributed by atoms with Crippen molar-refractivity contribution in [3.05, 3.63) is 41.9 Å². The third-order valence-electron chi connectivity index (χ3n) is 6.59. The normalized spacial score (nSPS) is 14.7. The first-order valence-electron chi connectivity index (χ1n) is 12.4. The molecule has 1 saturated heterocycles. The van der Waals surface area contributed by atoms with Crippen LogP contribution in [0.3, 0.4) is 0 Å². The number of carbonyl (C=O) groups is 2. The lowest BCUT2D eigenvalue weighted by molar-refractivity contribution is -0.141. The number of hydrogen-bond donors (Lipinski definition) is 1. The zero-order valence-electron chi connectivity index (χ0n) is 21.5. The van der Waals surface area contributed by atoms with Gasteiger partial charge in [-0.15, -0.1) is 11.3 Å². The SMILES string of the molecule is COc1ccc(-c2ccc(OC(F)F)cc2-c2csc(N(C)C(=O)[C@@H](CC(=O)O)CC3CCOCC3)n2)cn1. The summed E-state index contributed by atoms with van der Waals surface area (Å²) in [7, 11) is 3.07. The number of thiazole rings is 1. The topological polar surface area (TPSA) is 111 Å². The fourth-order valence-corrected chi connectivity index (χ4v) is 5.40. The van der Waals surface area contributed by atoms with E-state index in [-0.39, 0.29) is 24.0 Å². The number of benzene rings is 1. The van der Waals surface area contributed by atoms with Crippen molar-refractivity contribution >= 4 is 28.3 Å². The lowest BCUT2D eigenvalue weighted by Crippen LogP contribution is -2.35. The molecule has 3 heterocycles. The summed E-state index contributed by atoms with van der Waals surface area (Å²) in [5.41, 5.74) is 2.32. The minimum atomic E-state index is -3.00. The molecule has 1 aromatic carbocycles. The lowest BCUT2D eigenvalue weighted by Gasteiger charge is -2.27. The molecule has 0 bridgehead atoms. The minimum Gasteiger partial charge on any atom is -0.481 e. The summed E-state index contributed by atoms with van der Waals surface area (Å²) >= 11 is 1.19. The number of aromatic nitrogens is 2. The highest BCUT2D eigenvalue weighted by molar-refractivity contribution is 7.14. The van der Waals surface area contributed by atoms with E-state index in [0.29, 0.717) is 53.0 Å². The molecule has 3 aromatic rings. The first-order chi connectivity index (χ1) is 18.7. The van der Waals surface area contributed by atoms with E-state index in [0.717, 1.165) is 12.8 Å². The van der Waals surface area contributed by atoms with Crippen LogP contribution < -0.4 is 14.4 Å². The second-order valence-corrected chi connectivity index (χ2v) is 10.0. The Morgan fingerprint density at radius 2 is 1.97 bits per heavy atom. The first-order valence-corrected chi connectivity index (χ1v) is 13.3. The van der Waals surface area contributed by atoms with Crippen molar-refractivity contribution in [1.82, 2.24) is 9.97 Å². The molecule has 1 atom stereocenters. The number of anilines is 1. The van der Waals surface area contributed by atoms with Gasteiger partial charge in [-0.25, -0.2) is 9.97 Å². The van der Waals surface area contributed by atoms with E-state index in [1.807, 2.05) is 0 Å². The van der Waals surface area contributed by atoms with Crippen molar-refractivity contribution in [3.8, 4) is 34.0 Å². The number of carbonyl (C=O) groups excluding carboxylic acids is 1. The number of rotatable bonds is 11. The Hall–Kier alpha value is -3.64. The molecular formula is C27H29F2N3O6S. The van der Waals surface area contributed by atoms with Crippen molar-refractivity contribution in [2.24, 2.45) is 11.8 Å². The van der Waals surface area contributed by atoms with Gasteiger partial charge in [-0.2, -0.15) is 8.78 Å². The molecule has 0 saturated carbocycles. The molecule has 1 aliphatic heterocycles. The number of aliphatic carboxylic acids is 1. The Bertz CT molecular complexity index is 1280. The molecule has 0 radical (unpaired) electrons. The second kappa shape index (κ2) is 12.9. The quantitative estimate of drug-likeness (QED) is 0.334. The van der Waals surface area contributed by atoms with Crippen LogP contribution in [0, 0.1) is 11.8 Å². The maximum Gasteiger partial charge on any atom is 0.387 e. The fraction of sp³-hybridized carbons (Fsp3) is 0.407. The third-order valence-corrected chi connectivity index (χ3v) is 7.50. The van der Waals surface area contributed by atoms with Crippen LogP contribution in [0.15, 0.2) is 41.9 Å². The van der Waals surface area contributed by atoms with Crippen molar-refractivity contribution in [2.45, 2.75) is 32.3 Å². The Morgan fingerprint density at radius 3 is 2.62 bits per heavy atom. The van der Waals surface area contributed by atoms with Crippen LogP contribution in [0.2, 0.25) is 0 Å². The van der Waals surface area contributed by atoms with E-state index < -0.39 is 18.5 Å². The smallest absolute Gasteiger partial charge is 0.387 e. The number of hydrogen-bond acceptors (Lipinski definition) is 8. The maximum atomic E-state index is 13.4. The summed E-state index contributed by atoms with van der Waals surface area (Å²) < 4.78 is 41.0. The molecule has 0 unspecified atom stereocenters. The molecule has 12 heteroatoms. The molecule has 0 spiro atoms. The highest BCUT2D eigenvalue weighted by Gasteiger charge is 2.30. The molecule has 1 fully saturated rings. The predicted molar refractivity (Wildman–Crippen MR) is 141 cm³/mol. The summed E-state index contributed by atoms with van der Waals surface area (Å²) in [5, 5.41) is 11.5. The van der Waals surface area contributed by atoms with E-state index in [1.54, 1.807) is 36.8 Å². The molecule has 1 N–H and O–H groups in total. The lowest BCUT2D eigenvalue weighted by atomic mass is 9.86. The number of ether oxygens (including phenoxy) is 3. The van der Waals surface area contributed by atoms with Gasteiger partial charge in [0.1, 0.15) is 5.75 Å². The monoisotopic (exact) mass is 561 g/mol. The van der Waals surface area contributed by atoms with Gasteiger partial charge >= 0.3 is 12.6 Å². The summed E-state index contributed by atoms with van der Waals surface area (Å²) in [4.78, 5) is 35.2. The molecule has 2 aromatic heterocycles. The minimum absolute atomic E-state index is 0.0396. The van der Waals surface area contributed by atoms with Crippen LogP contribution in [-0.4, -0.2) is 60.9 Å². The van der Waals surface area contributed by atoms with Crippen LogP contribution in [0.1, 0.15) is 25.7 Å². The van der Waals surface area contributed by atoms with Crippen LogP contribution in [0.5, 0.6) is 11.6 Å². The van der Waals surface area contributed by atoms with E-state index >= 15 is 0 Å². The largest absolute Gasteiger partial charge is 0.481 e. The standard InChI is InChI=1S/C27H29F2N3O6S/c1-32(25(35)18(12-24(33)34)11-16-7-9-37-10-8-16)27-31-22(15-39-27)21-13-19(38-26(28)29)4-5-20(21)17-3-6-23(36-2)30-14-17/h3-6,13-16,18,26H,7-12H2,1-2H3,(H,33,34)/t18-/m1/s1. The zero-order chi connectivity index (χ0) is 27.9. The number of carboxylic acid groups (broad SMARTS) is 1. The molecule has 1 amide bonds. The van der Waals surface area contributed by atoms with Gasteiger partial charge in [0.15, 0.2) is 5.13 Å². The van der Waals surface area contributed by atoms with Crippen molar-refractivity contribution in [2.75, 3.05) is 32.3 Å². The van der Waals surface area contributed by atoms with Crippen LogP contribution in [-0.2, 0) is 14.3 Å². The number of nitrogens with zero attached hydrogens (tertiary/aromatic N) is 3. The van der Waals surface area contributed by atoms with Crippen LogP contribution in [0.4, 0.5) is 13.9 Å². The van der Waals surface area contributed by atoms with Gasteiger partial charge in [0.2, 0.25) is 11.8 Å². The molecule has 9 nitrogen and oxygen atoms in total. The third kappa shape index (κ3) is 7.27. The van der Waals surface area contributed by atoms with E-state index in [1.165, 1.54) is 35.5 Å². The van der Waals surface area contributed by atoms with Gasteiger partial charge in [-0.3, -0.25) is 14.5 Å². The highest BCUT2D eigenvalue weighted by Crippen LogP contribution is 2.38. The number of amides is 1. The Morgan fingerprint density at radius 1 is 1.21 bits per heavy atom. The van der Waals surface area contributed by atoms with Gasteiger partial charge in [-0.05, 0) is 55.0 Å². The molecular weight excluding hydrogens is 532 g/mol. The average molecular weight is 562 g/mol. The number of methoxy groups -OCH3 is 1. The fourth-order valence-electron chi connectivity index (χ4n) is 4.60. The summed E-state index contributed by atoms with van der Waals surface area (Å²) in [6.45, 7) is -1.79. The molecule has 4 rings (SSSR count). The highest BCUT2D eigenvalue weighted by atomic mass is 32.1. The first kappa shape index (κ1) is 28.4. The van der Waals surface area contributed by atoms with Gasteiger partial charge in [0, 0.05) is 54.9 Å². The number of pyridine rings is 1. The van der Waals surface area contributed by atoms with Crippen molar-refractivity contribution in [3.63, 3.8) is 0 Å². The Balaban J connectivity index is 1.63.